The molecule has 2 unspecified atom stereocenters. The number of benzene rings is 1. The van der Waals surface area contributed by atoms with Gasteiger partial charge in [0.1, 0.15) is 0 Å². The Labute approximate surface area is 120 Å². The third-order valence-electron chi connectivity index (χ3n) is 4.15. The van der Waals surface area contributed by atoms with E-state index in [1.807, 2.05) is 23.1 Å². The van der Waals surface area contributed by atoms with E-state index in [1.165, 1.54) is 0 Å². The Morgan fingerprint density at radius 3 is 2.85 bits per heavy atom. The smallest absolute Gasteiger partial charge is 0.228 e. The largest absolute Gasteiger partial charge is 0.381 e. The fraction of sp³-hybridized carbons (Fsp3) is 0.562. The van der Waals surface area contributed by atoms with E-state index in [0.29, 0.717) is 12.6 Å². The van der Waals surface area contributed by atoms with E-state index >= 15 is 0 Å². The second kappa shape index (κ2) is 6.27. The Balaban J connectivity index is 1.52. The highest BCUT2D eigenvalue weighted by Crippen LogP contribution is 2.21. The second-order valence-electron chi connectivity index (χ2n) is 5.69. The van der Waals surface area contributed by atoms with Crippen molar-refractivity contribution in [1.29, 1.82) is 0 Å². The molecular formula is C16H22N2O2. The molecular weight excluding hydrogens is 252 g/mol. The van der Waals surface area contributed by atoms with Crippen molar-refractivity contribution in [2.24, 2.45) is 5.92 Å². The van der Waals surface area contributed by atoms with E-state index in [4.69, 9.17) is 4.74 Å². The molecule has 0 radical (unpaired) electrons. The van der Waals surface area contributed by atoms with Crippen LogP contribution < -0.4 is 5.32 Å². The van der Waals surface area contributed by atoms with Gasteiger partial charge in [0, 0.05) is 31.4 Å². The minimum Gasteiger partial charge on any atom is -0.381 e. The number of nitrogens with one attached hydrogen (secondary N) is 1. The van der Waals surface area contributed by atoms with Gasteiger partial charge in [0.05, 0.1) is 12.5 Å². The van der Waals surface area contributed by atoms with Gasteiger partial charge in [-0.3, -0.25) is 4.79 Å². The van der Waals surface area contributed by atoms with Gasteiger partial charge in [0.2, 0.25) is 5.91 Å². The minimum absolute atomic E-state index is 0.0826. The molecule has 0 saturated carbocycles. The number of anilines is 1. The van der Waals surface area contributed by atoms with Crippen LogP contribution in [-0.2, 0) is 9.53 Å². The van der Waals surface area contributed by atoms with Crippen LogP contribution in [0.2, 0.25) is 0 Å². The van der Waals surface area contributed by atoms with Crippen molar-refractivity contribution in [3.8, 4) is 0 Å². The maximum absolute atomic E-state index is 12.4. The Bertz CT molecular complexity index is 443. The summed E-state index contributed by atoms with van der Waals surface area (Å²) in [6.45, 7) is 3.08. The SMILES string of the molecule is O=C(C1CCCOC1)N1CCC(Nc2ccccc2)C1. The van der Waals surface area contributed by atoms with E-state index in [9.17, 15) is 4.79 Å². The van der Waals surface area contributed by atoms with Crippen molar-refractivity contribution in [3.63, 3.8) is 0 Å². The fourth-order valence-corrected chi connectivity index (χ4v) is 3.04. The minimum atomic E-state index is 0.0826. The molecule has 2 atom stereocenters. The van der Waals surface area contributed by atoms with E-state index < -0.39 is 0 Å². The van der Waals surface area contributed by atoms with Crippen molar-refractivity contribution in [3.05, 3.63) is 30.3 Å². The molecule has 4 heteroatoms. The van der Waals surface area contributed by atoms with E-state index in [0.717, 1.165) is 44.6 Å². The van der Waals surface area contributed by atoms with Gasteiger partial charge in [-0.25, -0.2) is 0 Å². The summed E-state index contributed by atoms with van der Waals surface area (Å²) in [4.78, 5) is 14.4. The van der Waals surface area contributed by atoms with Crippen LogP contribution in [0, 0.1) is 5.92 Å². The normalized spacial score (nSPS) is 26.5. The number of para-hydroxylation sites is 1. The maximum atomic E-state index is 12.4. The molecule has 0 spiro atoms. The number of carbonyl (C=O) groups is 1. The number of rotatable bonds is 3. The first-order chi connectivity index (χ1) is 9.83. The van der Waals surface area contributed by atoms with E-state index in [1.54, 1.807) is 0 Å². The molecule has 2 aliphatic rings. The molecule has 20 heavy (non-hydrogen) atoms. The van der Waals surface area contributed by atoms with Crippen molar-refractivity contribution >= 4 is 11.6 Å². The number of likely N-dealkylation sites (tertiary alicyclic amines) is 1. The van der Waals surface area contributed by atoms with Gasteiger partial charge >= 0.3 is 0 Å². The van der Waals surface area contributed by atoms with Crippen LogP contribution in [0.15, 0.2) is 30.3 Å². The molecule has 2 fully saturated rings. The topological polar surface area (TPSA) is 41.6 Å². The summed E-state index contributed by atoms with van der Waals surface area (Å²) in [5.41, 5.74) is 1.13. The highest BCUT2D eigenvalue weighted by molar-refractivity contribution is 5.79. The lowest BCUT2D eigenvalue weighted by Gasteiger charge is -2.26. The summed E-state index contributed by atoms with van der Waals surface area (Å²) in [5, 5.41) is 3.50. The zero-order chi connectivity index (χ0) is 13.8. The van der Waals surface area contributed by atoms with Gasteiger partial charge in [-0.1, -0.05) is 18.2 Å². The Morgan fingerprint density at radius 1 is 1.25 bits per heavy atom. The van der Waals surface area contributed by atoms with Gasteiger partial charge in [-0.05, 0) is 31.4 Å². The molecule has 1 aromatic rings. The van der Waals surface area contributed by atoms with Crippen LogP contribution in [0.5, 0.6) is 0 Å². The lowest BCUT2D eigenvalue weighted by atomic mass is 10.0. The van der Waals surface area contributed by atoms with E-state index in [2.05, 4.69) is 17.4 Å². The monoisotopic (exact) mass is 274 g/mol. The molecule has 2 aliphatic heterocycles. The molecule has 1 N–H and O–H groups in total. The molecule has 0 aromatic heterocycles. The first-order valence-electron chi connectivity index (χ1n) is 7.51. The van der Waals surface area contributed by atoms with Crippen molar-refractivity contribution in [2.75, 3.05) is 31.6 Å². The molecule has 3 rings (SSSR count). The molecule has 1 aromatic carbocycles. The van der Waals surface area contributed by atoms with Crippen LogP contribution in [0.4, 0.5) is 5.69 Å². The number of ether oxygens (including phenoxy) is 1. The number of hydrogen-bond donors (Lipinski definition) is 1. The van der Waals surface area contributed by atoms with Crippen LogP contribution >= 0.6 is 0 Å². The van der Waals surface area contributed by atoms with Crippen LogP contribution in [-0.4, -0.2) is 43.2 Å². The lowest BCUT2D eigenvalue weighted by molar-refractivity contribution is -0.138. The summed E-state index contributed by atoms with van der Waals surface area (Å²) in [6, 6.07) is 10.6. The number of amides is 1. The first-order valence-corrected chi connectivity index (χ1v) is 7.51. The second-order valence-corrected chi connectivity index (χ2v) is 5.69. The quantitative estimate of drug-likeness (QED) is 0.918. The molecule has 0 aliphatic carbocycles. The summed E-state index contributed by atoms with van der Waals surface area (Å²) >= 11 is 0. The summed E-state index contributed by atoms with van der Waals surface area (Å²) in [6.07, 6.45) is 3.01. The highest BCUT2D eigenvalue weighted by atomic mass is 16.5. The summed E-state index contributed by atoms with van der Waals surface area (Å²) in [5.74, 6) is 0.362. The highest BCUT2D eigenvalue weighted by Gasteiger charge is 2.31. The number of nitrogens with zero attached hydrogens (tertiary/aromatic N) is 1. The maximum Gasteiger partial charge on any atom is 0.228 e. The van der Waals surface area contributed by atoms with Gasteiger partial charge < -0.3 is 15.0 Å². The van der Waals surface area contributed by atoms with E-state index in [-0.39, 0.29) is 11.8 Å². The average molecular weight is 274 g/mol. The van der Waals surface area contributed by atoms with Crippen molar-refractivity contribution in [1.82, 2.24) is 4.90 Å². The number of carbonyl (C=O) groups excluding carboxylic acids is 1. The first kappa shape index (κ1) is 13.4. The Kier molecular flexibility index (Phi) is 4.21. The molecule has 2 saturated heterocycles. The van der Waals surface area contributed by atoms with Gasteiger partial charge in [0.25, 0.3) is 0 Å². The van der Waals surface area contributed by atoms with Gasteiger partial charge in [-0.2, -0.15) is 0 Å². The fourth-order valence-electron chi connectivity index (χ4n) is 3.04. The van der Waals surface area contributed by atoms with Gasteiger partial charge in [-0.15, -0.1) is 0 Å². The molecule has 2 heterocycles. The van der Waals surface area contributed by atoms with Crippen LogP contribution in [0.25, 0.3) is 0 Å². The zero-order valence-electron chi connectivity index (χ0n) is 11.8. The zero-order valence-corrected chi connectivity index (χ0v) is 11.8. The molecule has 108 valence electrons. The third kappa shape index (κ3) is 3.12. The predicted molar refractivity (Wildman–Crippen MR) is 78.6 cm³/mol. The Hall–Kier alpha value is -1.55. The van der Waals surface area contributed by atoms with Crippen LogP contribution in [0.1, 0.15) is 19.3 Å². The van der Waals surface area contributed by atoms with Gasteiger partial charge in [0.15, 0.2) is 0 Å². The Morgan fingerprint density at radius 2 is 2.10 bits per heavy atom. The summed E-state index contributed by atoms with van der Waals surface area (Å²) in [7, 11) is 0. The molecule has 1 amide bonds. The average Bonchev–Trinajstić information content (AvgIpc) is 2.97. The lowest BCUT2D eigenvalue weighted by Crippen LogP contribution is -2.39. The van der Waals surface area contributed by atoms with Crippen LogP contribution in [0.3, 0.4) is 0 Å². The summed E-state index contributed by atoms with van der Waals surface area (Å²) < 4.78 is 5.42. The molecule has 4 nitrogen and oxygen atoms in total. The molecule has 0 bridgehead atoms. The number of hydrogen-bond acceptors (Lipinski definition) is 3. The third-order valence-corrected chi connectivity index (χ3v) is 4.15. The van der Waals surface area contributed by atoms with Crippen molar-refractivity contribution < 1.29 is 9.53 Å². The van der Waals surface area contributed by atoms with Crippen molar-refractivity contribution in [2.45, 2.75) is 25.3 Å². The predicted octanol–water partition coefficient (Wildman–Crippen LogP) is 2.13. The standard InChI is InChI=1S/C16H22N2O2/c19-16(13-5-4-10-20-12-13)18-9-8-15(11-18)17-14-6-2-1-3-7-14/h1-3,6-7,13,15,17H,4-5,8-12H2.